The molecule has 2 heterocycles. The summed E-state index contributed by atoms with van der Waals surface area (Å²) in [6.07, 6.45) is 3.91. The van der Waals surface area contributed by atoms with Crippen molar-refractivity contribution in [1.82, 2.24) is 9.88 Å². The van der Waals surface area contributed by atoms with E-state index in [2.05, 4.69) is 4.98 Å². The number of H-pyrrole nitrogens is 1. The van der Waals surface area contributed by atoms with Gasteiger partial charge in [0.15, 0.2) is 0 Å². The Labute approximate surface area is 184 Å². The third-order valence-corrected chi connectivity index (χ3v) is 7.01. The average Bonchev–Trinajstić information content (AvgIpc) is 3.12. The van der Waals surface area contributed by atoms with Crippen molar-refractivity contribution in [1.29, 1.82) is 0 Å². The Hall–Kier alpha value is -2.80. The zero-order valence-corrected chi connectivity index (χ0v) is 17.6. The third-order valence-electron chi connectivity index (χ3n) is 7.01. The van der Waals surface area contributed by atoms with Gasteiger partial charge in [-0.3, -0.25) is 4.79 Å². The zero-order chi connectivity index (χ0) is 22.4. The number of piperidine rings is 1. The minimum Gasteiger partial charge on any atom is -0.394 e. The van der Waals surface area contributed by atoms with E-state index in [1.807, 2.05) is 0 Å². The first-order chi connectivity index (χ1) is 15.5. The number of aromatic amines is 1. The molecule has 2 N–H and O–H groups in total. The molecule has 3 aromatic rings. The van der Waals surface area contributed by atoms with Crippen molar-refractivity contribution in [3.8, 4) is 11.3 Å². The predicted octanol–water partition coefficient (Wildman–Crippen LogP) is 5.12. The fraction of sp³-hybridized carbons (Fsp3) is 0.400. The molecule has 1 atom stereocenters. The molecule has 1 aromatic heterocycles. The van der Waals surface area contributed by atoms with Gasteiger partial charge >= 0.3 is 0 Å². The van der Waals surface area contributed by atoms with Crippen molar-refractivity contribution < 1.29 is 23.1 Å². The molecule has 1 saturated carbocycles. The summed E-state index contributed by atoms with van der Waals surface area (Å²) < 4.78 is 42.0. The SMILES string of the molecule is O=C([C@H]1C[C@H](c2c(-c3ccc(F)cc3)[nH]c3c(F)cc(F)cc32)C1)N1CCCC[C@@H]1CO. The lowest BCUT2D eigenvalue weighted by atomic mass is 9.69. The second-order valence-corrected chi connectivity index (χ2v) is 8.96. The minimum atomic E-state index is -0.680. The number of benzene rings is 2. The molecule has 2 aromatic carbocycles. The molecule has 1 aliphatic carbocycles. The molecule has 0 spiro atoms. The van der Waals surface area contributed by atoms with Gasteiger partial charge in [-0.2, -0.15) is 0 Å². The maximum atomic E-state index is 14.5. The highest BCUT2D eigenvalue weighted by atomic mass is 19.1. The molecule has 0 bridgehead atoms. The van der Waals surface area contributed by atoms with Crippen LogP contribution in [-0.2, 0) is 4.79 Å². The van der Waals surface area contributed by atoms with Crippen LogP contribution in [0.15, 0.2) is 36.4 Å². The number of halogens is 3. The number of fused-ring (bicyclic) bond motifs is 1. The van der Waals surface area contributed by atoms with E-state index in [1.54, 1.807) is 17.0 Å². The Morgan fingerprint density at radius 1 is 1.06 bits per heavy atom. The molecule has 0 radical (unpaired) electrons. The number of carbonyl (C=O) groups is 1. The smallest absolute Gasteiger partial charge is 0.226 e. The van der Waals surface area contributed by atoms with Crippen LogP contribution in [0.25, 0.3) is 22.2 Å². The first-order valence-electron chi connectivity index (χ1n) is 11.1. The summed E-state index contributed by atoms with van der Waals surface area (Å²) in [4.78, 5) is 18.0. The lowest BCUT2D eigenvalue weighted by Crippen LogP contribution is -2.50. The fourth-order valence-corrected chi connectivity index (χ4v) is 5.28. The van der Waals surface area contributed by atoms with Crippen molar-refractivity contribution >= 4 is 16.8 Å². The maximum Gasteiger partial charge on any atom is 0.226 e. The second kappa shape index (κ2) is 8.28. The molecular formula is C25H25F3N2O2. The summed E-state index contributed by atoms with van der Waals surface area (Å²) in [7, 11) is 0. The van der Waals surface area contributed by atoms with Gasteiger partial charge in [0.2, 0.25) is 5.91 Å². The molecule has 4 nitrogen and oxygen atoms in total. The number of aliphatic hydroxyl groups is 1. The largest absolute Gasteiger partial charge is 0.394 e. The number of nitrogens with one attached hydrogen (secondary N) is 1. The monoisotopic (exact) mass is 442 g/mol. The van der Waals surface area contributed by atoms with Crippen LogP contribution < -0.4 is 0 Å². The number of aliphatic hydroxyl groups excluding tert-OH is 1. The molecule has 1 amide bonds. The Bertz CT molecular complexity index is 1150. The van der Waals surface area contributed by atoms with Crippen molar-refractivity contribution in [3.63, 3.8) is 0 Å². The van der Waals surface area contributed by atoms with Crippen LogP contribution in [0.3, 0.4) is 0 Å². The summed E-state index contributed by atoms with van der Waals surface area (Å²) in [5.74, 6) is -1.88. The van der Waals surface area contributed by atoms with Gasteiger partial charge in [0.05, 0.1) is 23.9 Å². The van der Waals surface area contributed by atoms with Crippen molar-refractivity contribution in [3.05, 3.63) is 59.4 Å². The van der Waals surface area contributed by atoms with Gasteiger partial charge in [0.25, 0.3) is 0 Å². The van der Waals surface area contributed by atoms with Gasteiger partial charge in [-0.1, -0.05) is 0 Å². The van der Waals surface area contributed by atoms with E-state index in [0.717, 1.165) is 30.9 Å². The van der Waals surface area contributed by atoms with E-state index in [4.69, 9.17) is 0 Å². The summed E-state index contributed by atoms with van der Waals surface area (Å²) in [5.41, 5.74) is 2.30. The topological polar surface area (TPSA) is 56.3 Å². The number of nitrogens with zero attached hydrogens (tertiary/aromatic N) is 1. The predicted molar refractivity (Wildman–Crippen MR) is 116 cm³/mol. The van der Waals surface area contributed by atoms with E-state index >= 15 is 0 Å². The Kier molecular flexibility index (Phi) is 5.45. The molecule has 0 unspecified atom stereocenters. The average molecular weight is 442 g/mol. The number of likely N-dealkylation sites (tertiary alicyclic amines) is 1. The van der Waals surface area contributed by atoms with Gasteiger partial charge in [-0.25, -0.2) is 13.2 Å². The molecule has 7 heteroatoms. The zero-order valence-electron chi connectivity index (χ0n) is 17.6. The number of carbonyl (C=O) groups excluding carboxylic acids is 1. The van der Waals surface area contributed by atoms with Crippen LogP contribution in [0.2, 0.25) is 0 Å². The summed E-state index contributed by atoms with van der Waals surface area (Å²) in [6.45, 7) is 0.632. The number of aromatic nitrogens is 1. The van der Waals surface area contributed by atoms with Gasteiger partial charge in [-0.15, -0.1) is 0 Å². The highest BCUT2D eigenvalue weighted by molar-refractivity contribution is 5.92. The van der Waals surface area contributed by atoms with E-state index in [0.29, 0.717) is 36.0 Å². The van der Waals surface area contributed by atoms with Crippen molar-refractivity contribution in [2.24, 2.45) is 5.92 Å². The number of hydrogen-bond acceptors (Lipinski definition) is 2. The van der Waals surface area contributed by atoms with Crippen molar-refractivity contribution in [2.75, 3.05) is 13.2 Å². The van der Waals surface area contributed by atoms with Gasteiger partial charge < -0.3 is 15.0 Å². The quantitative estimate of drug-likeness (QED) is 0.589. The molecule has 168 valence electrons. The molecule has 2 fully saturated rings. The van der Waals surface area contributed by atoms with E-state index in [1.165, 1.54) is 18.2 Å². The van der Waals surface area contributed by atoms with Gasteiger partial charge in [0, 0.05) is 23.9 Å². The van der Waals surface area contributed by atoms with Crippen LogP contribution in [0, 0.1) is 23.4 Å². The van der Waals surface area contributed by atoms with E-state index in [9.17, 15) is 23.1 Å². The Morgan fingerprint density at radius 3 is 2.53 bits per heavy atom. The first-order valence-corrected chi connectivity index (χ1v) is 11.1. The Morgan fingerprint density at radius 2 is 1.81 bits per heavy atom. The number of amides is 1. The maximum absolute atomic E-state index is 14.5. The Balaban J connectivity index is 1.47. The third kappa shape index (κ3) is 3.58. The second-order valence-electron chi connectivity index (χ2n) is 8.96. The first kappa shape index (κ1) is 21.1. The van der Waals surface area contributed by atoms with Gasteiger partial charge in [-0.05, 0) is 79.5 Å². The van der Waals surface area contributed by atoms with Crippen molar-refractivity contribution in [2.45, 2.75) is 44.1 Å². The van der Waals surface area contributed by atoms with Crippen LogP contribution in [0.5, 0.6) is 0 Å². The van der Waals surface area contributed by atoms with Crippen LogP contribution in [-0.4, -0.2) is 40.1 Å². The molecular weight excluding hydrogens is 417 g/mol. The van der Waals surface area contributed by atoms with E-state index in [-0.39, 0.29) is 41.7 Å². The molecule has 32 heavy (non-hydrogen) atoms. The van der Waals surface area contributed by atoms with Crippen LogP contribution >= 0.6 is 0 Å². The number of rotatable bonds is 4. The molecule has 2 aliphatic rings. The fourth-order valence-electron chi connectivity index (χ4n) is 5.28. The highest BCUT2D eigenvalue weighted by Gasteiger charge is 2.41. The minimum absolute atomic E-state index is 0.0302. The number of hydrogen-bond donors (Lipinski definition) is 2. The van der Waals surface area contributed by atoms with Crippen LogP contribution in [0.1, 0.15) is 43.6 Å². The van der Waals surface area contributed by atoms with E-state index < -0.39 is 11.6 Å². The lowest BCUT2D eigenvalue weighted by Gasteiger charge is -2.42. The lowest BCUT2D eigenvalue weighted by molar-refractivity contribution is -0.143. The molecule has 1 aliphatic heterocycles. The standard InChI is InChI=1S/C25H25F3N2O2/c26-17-6-4-14(5-7-17)23-22(20-11-18(27)12-21(28)24(20)29-23)15-9-16(10-15)25(32)30-8-2-1-3-19(30)13-31/h4-7,11-12,15-16,19,29,31H,1-3,8-10,13H2/t15-,16-,19-/m1/s1. The highest BCUT2D eigenvalue weighted by Crippen LogP contribution is 2.49. The summed E-state index contributed by atoms with van der Waals surface area (Å²) >= 11 is 0. The summed E-state index contributed by atoms with van der Waals surface area (Å²) in [6, 6.07) is 7.92. The summed E-state index contributed by atoms with van der Waals surface area (Å²) in [5, 5.41) is 10.1. The molecule has 5 rings (SSSR count). The normalized spacial score (nSPS) is 23.4. The molecule has 1 saturated heterocycles. The van der Waals surface area contributed by atoms with Crippen LogP contribution in [0.4, 0.5) is 13.2 Å². The van der Waals surface area contributed by atoms with Gasteiger partial charge in [0.1, 0.15) is 17.5 Å².